The second-order valence-corrected chi connectivity index (χ2v) is 3.51. The maximum Gasteiger partial charge on any atom is 0.149 e. The molecule has 0 saturated heterocycles. The Morgan fingerprint density at radius 1 is 1.38 bits per heavy atom. The largest absolute Gasteiger partial charge is 0.383 e. The molecule has 0 aliphatic carbocycles. The van der Waals surface area contributed by atoms with Gasteiger partial charge in [0, 0.05) is 18.4 Å². The maximum absolute atomic E-state index is 13.5. The van der Waals surface area contributed by atoms with Crippen LogP contribution in [-0.4, -0.2) is 23.6 Å². The van der Waals surface area contributed by atoms with Gasteiger partial charge in [-0.1, -0.05) is 6.07 Å². The van der Waals surface area contributed by atoms with Crippen LogP contribution in [0, 0.1) is 5.82 Å². The van der Waals surface area contributed by atoms with Gasteiger partial charge in [0.1, 0.15) is 23.0 Å². The minimum absolute atomic E-state index is 0.293. The predicted octanol–water partition coefficient (Wildman–Crippen LogP) is 1.11. The molecule has 0 bridgehead atoms. The van der Waals surface area contributed by atoms with Gasteiger partial charge in [0.15, 0.2) is 0 Å². The van der Waals surface area contributed by atoms with Gasteiger partial charge < -0.3 is 11.1 Å². The van der Waals surface area contributed by atoms with Crippen LogP contribution in [0.15, 0.2) is 18.2 Å². The second kappa shape index (κ2) is 4.40. The molecule has 0 radical (unpaired) electrons. The van der Waals surface area contributed by atoms with Crippen LogP contribution >= 0.6 is 0 Å². The molecule has 0 saturated carbocycles. The highest BCUT2D eigenvalue weighted by atomic mass is 19.1. The standard InChI is InChI=1S/C11H13FN4/c1-14-6-5-9-15-10-7(11(13)16-9)3-2-4-8(10)12/h2-4,14H,5-6H2,1H3,(H2,13,15,16). The summed E-state index contributed by atoms with van der Waals surface area (Å²) in [4.78, 5) is 8.31. The molecule has 1 aromatic heterocycles. The number of nitrogens with two attached hydrogens (primary N) is 1. The zero-order valence-corrected chi connectivity index (χ0v) is 9.00. The fraction of sp³-hybridized carbons (Fsp3) is 0.273. The van der Waals surface area contributed by atoms with Crippen molar-refractivity contribution in [3.05, 3.63) is 29.8 Å². The van der Waals surface area contributed by atoms with E-state index in [1.54, 1.807) is 12.1 Å². The lowest BCUT2D eigenvalue weighted by atomic mass is 10.2. The summed E-state index contributed by atoms with van der Waals surface area (Å²) in [5.74, 6) is 0.525. The smallest absolute Gasteiger partial charge is 0.149 e. The first-order chi connectivity index (χ1) is 7.72. The molecular formula is C11H13FN4. The number of para-hydroxylation sites is 1. The van der Waals surface area contributed by atoms with Crippen LogP contribution in [0.2, 0.25) is 0 Å². The number of rotatable bonds is 3. The molecule has 1 aromatic carbocycles. The number of halogens is 1. The molecule has 0 fully saturated rings. The number of nitrogens with one attached hydrogen (secondary N) is 1. The van der Waals surface area contributed by atoms with E-state index in [1.807, 2.05) is 7.05 Å². The van der Waals surface area contributed by atoms with Gasteiger partial charge in [0.25, 0.3) is 0 Å². The van der Waals surface area contributed by atoms with Gasteiger partial charge in [-0.2, -0.15) is 0 Å². The Bertz CT molecular complexity index is 513. The number of nitrogens with zero attached hydrogens (tertiary/aromatic N) is 2. The van der Waals surface area contributed by atoms with E-state index in [9.17, 15) is 4.39 Å². The minimum atomic E-state index is -0.364. The molecule has 2 rings (SSSR count). The van der Waals surface area contributed by atoms with Gasteiger partial charge in [0.2, 0.25) is 0 Å². The number of nitrogen functional groups attached to an aromatic ring is 1. The average Bonchev–Trinajstić information content (AvgIpc) is 2.28. The Morgan fingerprint density at radius 2 is 2.19 bits per heavy atom. The highest BCUT2D eigenvalue weighted by Crippen LogP contribution is 2.20. The Balaban J connectivity index is 2.52. The molecule has 3 N–H and O–H groups in total. The van der Waals surface area contributed by atoms with Crippen molar-refractivity contribution in [3.8, 4) is 0 Å². The quantitative estimate of drug-likeness (QED) is 0.813. The first-order valence-corrected chi connectivity index (χ1v) is 5.07. The van der Waals surface area contributed by atoms with Gasteiger partial charge in [-0.3, -0.25) is 0 Å². The maximum atomic E-state index is 13.5. The summed E-state index contributed by atoms with van der Waals surface area (Å²) in [7, 11) is 1.84. The van der Waals surface area contributed by atoms with E-state index in [-0.39, 0.29) is 5.82 Å². The highest BCUT2D eigenvalue weighted by Gasteiger charge is 2.08. The van der Waals surface area contributed by atoms with Crippen molar-refractivity contribution in [1.82, 2.24) is 15.3 Å². The summed E-state index contributed by atoms with van der Waals surface area (Å²) in [6, 6.07) is 4.69. The molecule has 5 heteroatoms. The summed E-state index contributed by atoms with van der Waals surface area (Å²) < 4.78 is 13.5. The van der Waals surface area contributed by atoms with Gasteiger partial charge >= 0.3 is 0 Å². The van der Waals surface area contributed by atoms with Gasteiger partial charge in [-0.15, -0.1) is 0 Å². The van der Waals surface area contributed by atoms with Crippen molar-refractivity contribution < 1.29 is 4.39 Å². The summed E-state index contributed by atoms with van der Waals surface area (Å²) in [6.07, 6.45) is 0.630. The molecule has 2 aromatic rings. The van der Waals surface area contributed by atoms with Crippen LogP contribution < -0.4 is 11.1 Å². The number of hydrogen-bond acceptors (Lipinski definition) is 4. The van der Waals surface area contributed by atoms with Gasteiger partial charge in [-0.25, -0.2) is 14.4 Å². The monoisotopic (exact) mass is 220 g/mol. The molecular weight excluding hydrogens is 207 g/mol. The summed E-state index contributed by atoms with van der Waals surface area (Å²) in [5, 5.41) is 3.55. The predicted molar refractivity (Wildman–Crippen MR) is 61.5 cm³/mol. The normalized spacial score (nSPS) is 10.9. The van der Waals surface area contributed by atoms with Crippen LogP contribution in [-0.2, 0) is 6.42 Å². The van der Waals surface area contributed by atoms with E-state index < -0.39 is 0 Å². The molecule has 0 spiro atoms. The van der Waals surface area contributed by atoms with E-state index in [0.29, 0.717) is 29.0 Å². The summed E-state index contributed by atoms with van der Waals surface area (Å²) in [5.41, 5.74) is 6.05. The molecule has 0 unspecified atom stereocenters. The SMILES string of the molecule is CNCCc1nc(N)c2cccc(F)c2n1. The minimum Gasteiger partial charge on any atom is -0.383 e. The lowest BCUT2D eigenvalue weighted by Crippen LogP contribution is -2.13. The number of hydrogen-bond donors (Lipinski definition) is 2. The average molecular weight is 220 g/mol. The molecule has 4 nitrogen and oxygen atoms in total. The van der Waals surface area contributed by atoms with Crippen molar-refractivity contribution in [2.24, 2.45) is 0 Å². The summed E-state index contributed by atoms with van der Waals surface area (Å²) in [6.45, 7) is 0.736. The number of aromatic nitrogens is 2. The topological polar surface area (TPSA) is 63.8 Å². The molecule has 16 heavy (non-hydrogen) atoms. The van der Waals surface area contributed by atoms with Crippen molar-refractivity contribution in [3.63, 3.8) is 0 Å². The lowest BCUT2D eigenvalue weighted by molar-refractivity contribution is 0.635. The van der Waals surface area contributed by atoms with Gasteiger partial charge in [0.05, 0.1) is 0 Å². The van der Waals surface area contributed by atoms with Crippen LogP contribution in [0.1, 0.15) is 5.82 Å². The molecule has 0 aliphatic rings. The van der Waals surface area contributed by atoms with Crippen LogP contribution in [0.3, 0.4) is 0 Å². The first-order valence-electron chi connectivity index (χ1n) is 5.07. The fourth-order valence-electron chi connectivity index (χ4n) is 1.54. The molecule has 84 valence electrons. The van der Waals surface area contributed by atoms with Crippen molar-refractivity contribution in [1.29, 1.82) is 0 Å². The first kappa shape index (κ1) is 10.8. The third-order valence-corrected chi connectivity index (χ3v) is 2.35. The Morgan fingerprint density at radius 3 is 2.94 bits per heavy atom. The van der Waals surface area contributed by atoms with Crippen molar-refractivity contribution in [2.75, 3.05) is 19.3 Å². The van der Waals surface area contributed by atoms with E-state index in [4.69, 9.17) is 5.73 Å². The third-order valence-electron chi connectivity index (χ3n) is 2.35. The van der Waals surface area contributed by atoms with Crippen molar-refractivity contribution in [2.45, 2.75) is 6.42 Å². The lowest BCUT2D eigenvalue weighted by Gasteiger charge is -2.05. The Kier molecular flexibility index (Phi) is 2.96. The van der Waals surface area contributed by atoms with E-state index >= 15 is 0 Å². The van der Waals surface area contributed by atoms with Gasteiger partial charge in [-0.05, 0) is 19.2 Å². The Hall–Kier alpha value is -1.75. The number of likely N-dealkylation sites (N-methyl/N-ethyl adjacent to an activating group) is 1. The second-order valence-electron chi connectivity index (χ2n) is 3.51. The number of benzene rings is 1. The number of anilines is 1. The van der Waals surface area contributed by atoms with Crippen molar-refractivity contribution >= 4 is 16.7 Å². The zero-order chi connectivity index (χ0) is 11.5. The van der Waals surface area contributed by atoms with E-state index in [2.05, 4.69) is 15.3 Å². The molecule has 0 aliphatic heterocycles. The highest BCUT2D eigenvalue weighted by molar-refractivity contribution is 5.88. The molecule has 1 heterocycles. The summed E-state index contributed by atoms with van der Waals surface area (Å²) >= 11 is 0. The van der Waals surface area contributed by atoms with Crippen LogP contribution in [0.5, 0.6) is 0 Å². The fourth-order valence-corrected chi connectivity index (χ4v) is 1.54. The Labute approximate surface area is 92.7 Å². The molecule has 0 amide bonds. The van der Waals surface area contributed by atoms with E-state index in [1.165, 1.54) is 6.07 Å². The van der Waals surface area contributed by atoms with Crippen LogP contribution in [0.4, 0.5) is 10.2 Å². The zero-order valence-electron chi connectivity index (χ0n) is 9.00. The molecule has 0 atom stereocenters. The number of fused-ring (bicyclic) bond motifs is 1. The van der Waals surface area contributed by atoms with Crippen LogP contribution in [0.25, 0.3) is 10.9 Å². The van der Waals surface area contributed by atoms with E-state index in [0.717, 1.165) is 6.54 Å². The third kappa shape index (κ3) is 1.94.